The van der Waals surface area contributed by atoms with Gasteiger partial charge in [0.1, 0.15) is 10.8 Å². The molecule has 7 nitrogen and oxygen atoms in total. The molecule has 2 aromatic rings. The first kappa shape index (κ1) is 22.4. The normalized spacial score (nSPS) is 12.8. The van der Waals surface area contributed by atoms with Gasteiger partial charge in [0.2, 0.25) is 5.91 Å². The molecule has 0 bridgehead atoms. The Hall–Kier alpha value is -2.32. The van der Waals surface area contributed by atoms with E-state index in [0.717, 1.165) is 54.9 Å². The van der Waals surface area contributed by atoms with Crippen molar-refractivity contribution in [1.82, 2.24) is 14.5 Å². The Labute approximate surface area is 181 Å². The number of rotatable bonds is 10. The molecule has 0 atom stereocenters. The number of carbonyl (C=O) groups excluding carboxylic acids is 1. The maximum atomic E-state index is 12.6. The largest absolute Gasteiger partial charge is 0.494 e. The number of benzene rings is 1. The summed E-state index contributed by atoms with van der Waals surface area (Å²) in [4.78, 5) is 31.4. The fourth-order valence-electron chi connectivity index (χ4n) is 3.61. The second kappa shape index (κ2) is 10.6. The highest BCUT2D eigenvalue weighted by Gasteiger charge is 2.22. The van der Waals surface area contributed by atoms with Crippen molar-refractivity contribution >= 4 is 23.4 Å². The lowest BCUT2D eigenvalue weighted by atomic mass is 10.2. The number of fused-ring (bicyclic) bond motifs is 1. The highest BCUT2D eigenvalue weighted by atomic mass is 32.2. The number of anilines is 1. The lowest BCUT2D eigenvalue weighted by Gasteiger charge is -2.15. The zero-order valence-corrected chi connectivity index (χ0v) is 18.8. The number of nitrogens with zero attached hydrogens (tertiary/aromatic N) is 3. The predicted octanol–water partition coefficient (Wildman–Crippen LogP) is 2.81. The van der Waals surface area contributed by atoms with Crippen molar-refractivity contribution in [1.29, 1.82) is 0 Å². The summed E-state index contributed by atoms with van der Waals surface area (Å²) in [5, 5.41) is 3.59. The molecule has 0 unspecified atom stereocenters. The molecule has 1 heterocycles. The summed E-state index contributed by atoms with van der Waals surface area (Å²) in [6.07, 6.45) is 3.76. The lowest BCUT2D eigenvalue weighted by molar-refractivity contribution is -0.113. The molecule has 0 fully saturated rings. The molecule has 1 aliphatic rings. The number of aromatic nitrogens is 2. The van der Waals surface area contributed by atoms with Crippen LogP contribution in [0.4, 0.5) is 5.69 Å². The van der Waals surface area contributed by atoms with Crippen molar-refractivity contribution in [2.24, 2.45) is 0 Å². The Balaban J connectivity index is 1.62. The molecule has 1 N–H and O–H groups in total. The zero-order chi connectivity index (χ0) is 21.5. The van der Waals surface area contributed by atoms with E-state index in [4.69, 9.17) is 4.74 Å². The molecule has 3 rings (SSSR count). The molecule has 0 saturated heterocycles. The minimum Gasteiger partial charge on any atom is -0.494 e. The van der Waals surface area contributed by atoms with Gasteiger partial charge in [0, 0.05) is 23.5 Å². The van der Waals surface area contributed by atoms with Gasteiger partial charge in [-0.3, -0.25) is 9.36 Å². The molecule has 0 saturated carbocycles. The summed E-state index contributed by atoms with van der Waals surface area (Å²) >= 11 is 1.35. The Morgan fingerprint density at radius 3 is 2.73 bits per heavy atom. The van der Waals surface area contributed by atoms with Crippen LogP contribution in [0.2, 0.25) is 0 Å². The summed E-state index contributed by atoms with van der Waals surface area (Å²) in [7, 11) is 4.06. The summed E-state index contributed by atoms with van der Waals surface area (Å²) in [5.41, 5.74) is 2.75. The van der Waals surface area contributed by atoms with Gasteiger partial charge in [-0.15, -0.1) is 0 Å². The monoisotopic (exact) mass is 430 g/mol. The topological polar surface area (TPSA) is 76.5 Å². The average Bonchev–Trinajstić information content (AvgIpc) is 3.19. The Morgan fingerprint density at radius 2 is 2.03 bits per heavy atom. The van der Waals surface area contributed by atoms with Crippen LogP contribution in [-0.4, -0.2) is 53.4 Å². The highest BCUT2D eigenvalue weighted by molar-refractivity contribution is 8.00. The first-order valence-electron chi connectivity index (χ1n) is 10.4. The van der Waals surface area contributed by atoms with Crippen LogP contribution in [0, 0.1) is 0 Å². The second-order valence-corrected chi connectivity index (χ2v) is 8.55. The van der Waals surface area contributed by atoms with E-state index in [1.807, 2.05) is 49.9 Å². The van der Waals surface area contributed by atoms with Gasteiger partial charge in [0.05, 0.1) is 12.4 Å². The number of ether oxygens (including phenoxy) is 1. The summed E-state index contributed by atoms with van der Waals surface area (Å²) in [6.45, 7) is 4.16. The minimum atomic E-state index is -0.205. The highest BCUT2D eigenvalue weighted by Crippen LogP contribution is 2.29. The lowest BCUT2D eigenvalue weighted by Crippen LogP contribution is -2.29. The summed E-state index contributed by atoms with van der Waals surface area (Å²) in [5.74, 6) is 0.875. The molecule has 1 amide bonds. The SMILES string of the molecule is CCOc1ccc(NC(=O)CSc2nc(=O)n(CCCN(C)C)c3c2CCC3)cc1. The molecule has 1 aromatic carbocycles. The maximum absolute atomic E-state index is 12.6. The molecular weight excluding hydrogens is 400 g/mol. The van der Waals surface area contributed by atoms with Crippen LogP contribution < -0.4 is 15.7 Å². The minimum absolute atomic E-state index is 0.118. The van der Waals surface area contributed by atoms with Gasteiger partial charge >= 0.3 is 5.69 Å². The third-order valence-electron chi connectivity index (χ3n) is 4.98. The standard InChI is InChI=1S/C22H30N4O3S/c1-4-29-17-11-9-16(10-12-17)23-20(27)15-30-21-18-7-5-8-19(18)26(22(28)24-21)14-6-13-25(2)3/h9-12H,4-8,13-15H2,1-3H3,(H,23,27). The van der Waals surface area contributed by atoms with Gasteiger partial charge in [0.25, 0.3) is 0 Å². The van der Waals surface area contributed by atoms with E-state index in [2.05, 4.69) is 15.2 Å². The van der Waals surface area contributed by atoms with E-state index in [1.165, 1.54) is 11.8 Å². The molecule has 0 aliphatic heterocycles. The van der Waals surface area contributed by atoms with Gasteiger partial charge in [0.15, 0.2) is 0 Å². The van der Waals surface area contributed by atoms with E-state index in [1.54, 1.807) is 0 Å². The molecule has 30 heavy (non-hydrogen) atoms. The summed E-state index contributed by atoms with van der Waals surface area (Å²) in [6, 6.07) is 7.30. The smallest absolute Gasteiger partial charge is 0.348 e. The van der Waals surface area contributed by atoms with Crippen molar-refractivity contribution < 1.29 is 9.53 Å². The van der Waals surface area contributed by atoms with Crippen LogP contribution in [0.15, 0.2) is 34.1 Å². The first-order valence-corrected chi connectivity index (χ1v) is 11.4. The van der Waals surface area contributed by atoms with Crippen molar-refractivity contribution in [3.8, 4) is 5.75 Å². The van der Waals surface area contributed by atoms with Crippen molar-refractivity contribution in [2.45, 2.75) is 44.2 Å². The van der Waals surface area contributed by atoms with Crippen LogP contribution >= 0.6 is 11.8 Å². The number of carbonyl (C=O) groups is 1. The number of amides is 1. The quantitative estimate of drug-likeness (QED) is 0.461. The van der Waals surface area contributed by atoms with Crippen LogP contribution in [0.3, 0.4) is 0 Å². The average molecular weight is 431 g/mol. The van der Waals surface area contributed by atoms with E-state index in [0.29, 0.717) is 18.2 Å². The second-order valence-electron chi connectivity index (χ2n) is 7.58. The van der Waals surface area contributed by atoms with Crippen molar-refractivity contribution in [3.63, 3.8) is 0 Å². The maximum Gasteiger partial charge on any atom is 0.348 e. The molecule has 0 radical (unpaired) electrons. The van der Waals surface area contributed by atoms with Gasteiger partial charge in [-0.05, 0) is 77.5 Å². The molecule has 1 aromatic heterocycles. The Bertz CT molecular complexity index is 925. The van der Waals surface area contributed by atoms with Gasteiger partial charge < -0.3 is 15.0 Å². The number of hydrogen-bond acceptors (Lipinski definition) is 6. The van der Waals surface area contributed by atoms with Crippen molar-refractivity contribution in [2.75, 3.05) is 38.3 Å². The van der Waals surface area contributed by atoms with Crippen molar-refractivity contribution in [3.05, 3.63) is 46.0 Å². The first-order chi connectivity index (χ1) is 14.5. The van der Waals surface area contributed by atoms with Gasteiger partial charge in [-0.25, -0.2) is 4.79 Å². The van der Waals surface area contributed by atoms with E-state index in [-0.39, 0.29) is 17.3 Å². The summed E-state index contributed by atoms with van der Waals surface area (Å²) < 4.78 is 7.24. The molecule has 8 heteroatoms. The number of thioether (sulfide) groups is 1. The zero-order valence-electron chi connectivity index (χ0n) is 17.9. The van der Waals surface area contributed by atoms with Crippen LogP contribution in [-0.2, 0) is 24.2 Å². The third kappa shape index (κ3) is 5.86. The predicted molar refractivity (Wildman–Crippen MR) is 121 cm³/mol. The third-order valence-corrected chi connectivity index (χ3v) is 5.99. The molecule has 1 aliphatic carbocycles. The molecule has 0 spiro atoms. The Morgan fingerprint density at radius 1 is 1.27 bits per heavy atom. The van der Waals surface area contributed by atoms with E-state index in [9.17, 15) is 9.59 Å². The van der Waals surface area contributed by atoms with Gasteiger partial charge in [-0.2, -0.15) is 4.98 Å². The fourth-order valence-corrected chi connectivity index (χ4v) is 4.49. The fraction of sp³-hybridized carbons (Fsp3) is 0.500. The van der Waals surface area contributed by atoms with Crippen LogP contribution in [0.1, 0.15) is 31.0 Å². The van der Waals surface area contributed by atoms with E-state index < -0.39 is 0 Å². The molecular formula is C22H30N4O3S. The Kier molecular flexibility index (Phi) is 7.93. The van der Waals surface area contributed by atoms with Gasteiger partial charge in [-0.1, -0.05) is 11.8 Å². The number of nitrogens with one attached hydrogen (secondary N) is 1. The van der Waals surface area contributed by atoms with Crippen LogP contribution in [0.5, 0.6) is 5.75 Å². The molecule has 162 valence electrons. The van der Waals surface area contributed by atoms with E-state index >= 15 is 0 Å². The number of hydrogen-bond donors (Lipinski definition) is 1. The van der Waals surface area contributed by atoms with Crippen LogP contribution in [0.25, 0.3) is 0 Å².